The van der Waals surface area contributed by atoms with E-state index in [0.29, 0.717) is 11.6 Å². The molecule has 0 saturated heterocycles. The number of nitrogens with zero attached hydrogens (tertiary/aromatic N) is 1. The van der Waals surface area contributed by atoms with E-state index in [1.165, 1.54) is 18.4 Å². The first kappa shape index (κ1) is 14.3. The summed E-state index contributed by atoms with van der Waals surface area (Å²) in [6, 6.07) is 5.39. The minimum absolute atomic E-state index is 0.219. The molecule has 0 aliphatic rings. The van der Waals surface area contributed by atoms with Crippen LogP contribution in [0.5, 0.6) is 11.6 Å². The largest absolute Gasteiger partial charge is 0.487 e. The van der Waals surface area contributed by atoms with Crippen molar-refractivity contribution in [1.29, 1.82) is 0 Å². The molecule has 2 aromatic heterocycles. The van der Waals surface area contributed by atoms with Crippen LogP contribution in [-0.4, -0.2) is 23.2 Å². The van der Waals surface area contributed by atoms with Gasteiger partial charge in [0, 0.05) is 11.1 Å². The Bertz CT molecular complexity index is 609. The Morgan fingerprint density at radius 2 is 2.30 bits per heavy atom. The maximum Gasteiger partial charge on any atom is 0.349 e. The first-order chi connectivity index (χ1) is 9.65. The minimum atomic E-state index is -0.970. The van der Waals surface area contributed by atoms with E-state index in [9.17, 15) is 4.79 Å². The lowest BCUT2D eigenvalue weighted by Gasteiger charge is -2.08. The second-order valence-corrected chi connectivity index (χ2v) is 5.16. The first-order valence-electron chi connectivity index (χ1n) is 6.12. The average molecular weight is 293 g/mol. The van der Waals surface area contributed by atoms with Crippen LogP contribution in [0.15, 0.2) is 24.4 Å². The number of hydrogen-bond acceptors (Lipinski definition) is 5. The Kier molecular flexibility index (Phi) is 4.57. The summed E-state index contributed by atoms with van der Waals surface area (Å²) in [5.41, 5.74) is 0.774. The van der Waals surface area contributed by atoms with E-state index in [4.69, 9.17) is 14.6 Å². The second-order valence-electron chi connectivity index (χ2n) is 4.03. The van der Waals surface area contributed by atoms with Gasteiger partial charge in [-0.3, -0.25) is 0 Å². The average Bonchev–Trinajstić information content (AvgIpc) is 2.89. The zero-order valence-electron chi connectivity index (χ0n) is 11.3. The Hall–Kier alpha value is -2.08. The normalized spacial score (nSPS) is 10.3. The summed E-state index contributed by atoms with van der Waals surface area (Å²) in [7, 11) is 1.54. The van der Waals surface area contributed by atoms with E-state index in [0.717, 1.165) is 16.9 Å². The van der Waals surface area contributed by atoms with Gasteiger partial charge >= 0.3 is 5.97 Å². The SMILES string of the molecule is CCc1cc(OCc2cccnc2OC)c(C(=O)O)s1. The van der Waals surface area contributed by atoms with Crippen LogP contribution < -0.4 is 9.47 Å². The molecule has 0 aromatic carbocycles. The third-order valence-electron chi connectivity index (χ3n) is 2.72. The van der Waals surface area contributed by atoms with Crippen LogP contribution in [0.4, 0.5) is 0 Å². The van der Waals surface area contributed by atoms with Gasteiger partial charge in [0.05, 0.1) is 12.7 Å². The zero-order chi connectivity index (χ0) is 14.5. The van der Waals surface area contributed by atoms with Crippen molar-refractivity contribution >= 4 is 17.3 Å². The van der Waals surface area contributed by atoms with Crippen molar-refractivity contribution in [2.24, 2.45) is 0 Å². The number of carboxylic acids is 1. The lowest BCUT2D eigenvalue weighted by atomic mass is 10.3. The maximum atomic E-state index is 11.2. The van der Waals surface area contributed by atoms with Gasteiger partial charge in [-0.05, 0) is 24.6 Å². The topological polar surface area (TPSA) is 68.7 Å². The van der Waals surface area contributed by atoms with Gasteiger partial charge in [0.15, 0.2) is 4.88 Å². The molecule has 2 heterocycles. The highest BCUT2D eigenvalue weighted by Gasteiger charge is 2.17. The van der Waals surface area contributed by atoms with Crippen LogP contribution >= 0.6 is 11.3 Å². The summed E-state index contributed by atoms with van der Waals surface area (Å²) in [5.74, 6) is -0.0940. The number of rotatable bonds is 6. The number of pyridine rings is 1. The van der Waals surface area contributed by atoms with E-state index >= 15 is 0 Å². The van der Waals surface area contributed by atoms with Crippen LogP contribution in [0.1, 0.15) is 27.0 Å². The summed E-state index contributed by atoms with van der Waals surface area (Å²) >= 11 is 1.24. The Balaban J connectivity index is 2.18. The number of aromatic nitrogens is 1. The van der Waals surface area contributed by atoms with E-state index in [2.05, 4.69) is 4.98 Å². The molecule has 106 valence electrons. The van der Waals surface area contributed by atoms with Crippen molar-refractivity contribution < 1.29 is 19.4 Å². The summed E-state index contributed by atoms with van der Waals surface area (Å²) in [6.45, 7) is 2.20. The number of aryl methyl sites for hydroxylation is 1. The van der Waals surface area contributed by atoms with Crippen LogP contribution in [0.25, 0.3) is 0 Å². The number of carboxylic acid groups (broad SMARTS) is 1. The predicted molar refractivity (Wildman–Crippen MR) is 75.8 cm³/mol. The van der Waals surface area contributed by atoms with Crippen LogP contribution in [-0.2, 0) is 13.0 Å². The van der Waals surface area contributed by atoms with Gasteiger partial charge in [-0.2, -0.15) is 0 Å². The fraction of sp³-hybridized carbons (Fsp3) is 0.286. The van der Waals surface area contributed by atoms with Crippen molar-refractivity contribution in [2.75, 3.05) is 7.11 Å². The summed E-state index contributed by atoms with van der Waals surface area (Å²) in [4.78, 5) is 16.5. The van der Waals surface area contributed by atoms with Crippen LogP contribution in [0.3, 0.4) is 0 Å². The number of hydrogen-bond donors (Lipinski definition) is 1. The van der Waals surface area contributed by atoms with Crippen LogP contribution in [0.2, 0.25) is 0 Å². The molecule has 0 atom stereocenters. The highest BCUT2D eigenvalue weighted by atomic mass is 32.1. The molecule has 0 radical (unpaired) electrons. The van der Waals surface area contributed by atoms with Gasteiger partial charge in [0.2, 0.25) is 5.88 Å². The van der Waals surface area contributed by atoms with Gasteiger partial charge in [-0.1, -0.05) is 6.92 Å². The molecular weight excluding hydrogens is 278 g/mol. The highest BCUT2D eigenvalue weighted by Crippen LogP contribution is 2.31. The summed E-state index contributed by atoms with van der Waals surface area (Å²) in [5, 5.41) is 9.17. The molecule has 6 heteroatoms. The minimum Gasteiger partial charge on any atom is -0.487 e. The van der Waals surface area contributed by atoms with E-state index in [1.54, 1.807) is 18.3 Å². The quantitative estimate of drug-likeness (QED) is 0.886. The van der Waals surface area contributed by atoms with Gasteiger partial charge in [-0.25, -0.2) is 9.78 Å². The lowest BCUT2D eigenvalue weighted by Crippen LogP contribution is -2.02. The van der Waals surface area contributed by atoms with E-state index < -0.39 is 5.97 Å². The molecule has 0 unspecified atom stereocenters. The van der Waals surface area contributed by atoms with E-state index in [-0.39, 0.29) is 11.5 Å². The molecule has 2 aromatic rings. The molecule has 0 spiro atoms. The van der Waals surface area contributed by atoms with Crippen molar-refractivity contribution in [3.8, 4) is 11.6 Å². The lowest BCUT2D eigenvalue weighted by molar-refractivity contribution is 0.0697. The van der Waals surface area contributed by atoms with Crippen molar-refractivity contribution in [2.45, 2.75) is 20.0 Å². The summed E-state index contributed by atoms with van der Waals surface area (Å²) < 4.78 is 10.8. The molecule has 2 rings (SSSR count). The standard InChI is InChI=1S/C14H15NO4S/c1-3-10-7-11(12(20-10)14(16)17)19-8-9-5-4-6-15-13(9)18-2/h4-7H,3,8H2,1-2H3,(H,16,17). The van der Waals surface area contributed by atoms with E-state index in [1.807, 2.05) is 13.0 Å². The Labute approximate surface area is 120 Å². The molecule has 0 aliphatic carbocycles. The molecule has 0 bridgehead atoms. The molecule has 5 nitrogen and oxygen atoms in total. The van der Waals surface area contributed by atoms with Crippen molar-refractivity contribution in [1.82, 2.24) is 4.98 Å². The number of methoxy groups -OCH3 is 1. The molecule has 0 fully saturated rings. The maximum absolute atomic E-state index is 11.2. The number of carbonyl (C=O) groups is 1. The predicted octanol–water partition coefficient (Wildman–Crippen LogP) is 2.99. The molecule has 20 heavy (non-hydrogen) atoms. The van der Waals surface area contributed by atoms with Gasteiger partial charge < -0.3 is 14.6 Å². The molecule has 0 saturated carbocycles. The number of thiophene rings is 1. The van der Waals surface area contributed by atoms with Crippen molar-refractivity contribution in [3.63, 3.8) is 0 Å². The van der Waals surface area contributed by atoms with Crippen LogP contribution in [0, 0.1) is 0 Å². The second kappa shape index (κ2) is 6.38. The Morgan fingerprint density at radius 3 is 2.95 bits per heavy atom. The molecule has 0 amide bonds. The molecule has 1 N–H and O–H groups in total. The first-order valence-corrected chi connectivity index (χ1v) is 6.94. The monoisotopic (exact) mass is 293 g/mol. The summed E-state index contributed by atoms with van der Waals surface area (Å²) in [6.07, 6.45) is 2.41. The Morgan fingerprint density at radius 1 is 1.50 bits per heavy atom. The van der Waals surface area contributed by atoms with Crippen molar-refractivity contribution in [3.05, 3.63) is 39.7 Å². The van der Waals surface area contributed by atoms with Gasteiger partial charge in [0.25, 0.3) is 0 Å². The smallest absolute Gasteiger partial charge is 0.349 e. The fourth-order valence-corrected chi connectivity index (χ4v) is 2.60. The van der Waals surface area contributed by atoms with Gasteiger partial charge in [0.1, 0.15) is 12.4 Å². The number of aromatic carboxylic acids is 1. The molecular formula is C14H15NO4S. The molecule has 0 aliphatic heterocycles. The van der Waals surface area contributed by atoms with Gasteiger partial charge in [-0.15, -0.1) is 11.3 Å². The fourth-order valence-electron chi connectivity index (χ4n) is 1.73. The third kappa shape index (κ3) is 3.08. The third-order valence-corrected chi connectivity index (χ3v) is 3.97. The highest BCUT2D eigenvalue weighted by molar-refractivity contribution is 7.14. The number of ether oxygens (including phenoxy) is 2. The zero-order valence-corrected chi connectivity index (χ0v) is 12.1.